The molecule has 0 radical (unpaired) electrons. The molecule has 2 aromatic heterocycles. The van der Waals surface area contributed by atoms with Crippen LogP contribution in [0.3, 0.4) is 0 Å². The van der Waals surface area contributed by atoms with Crippen LogP contribution in [0, 0.1) is 0 Å². The third-order valence-electron chi connectivity index (χ3n) is 2.52. The van der Waals surface area contributed by atoms with Crippen LogP contribution >= 0.6 is 11.3 Å². The summed E-state index contributed by atoms with van der Waals surface area (Å²) in [4.78, 5) is 4.59. The van der Waals surface area contributed by atoms with Crippen LogP contribution in [0.2, 0.25) is 0 Å². The minimum atomic E-state index is 0.0729. The monoisotopic (exact) mass is 251 g/mol. The van der Waals surface area contributed by atoms with Gasteiger partial charge in [0.25, 0.3) is 0 Å². The van der Waals surface area contributed by atoms with Crippen LogP contribution in [0.5, 0.6) is 0 Å². The van der Waals surface area contributed by atoms with E-state index < -0.39 is 0 Å². The zero-order valence-electron chi connectivity index (χ0n) is 10.3. The topological polar surface area (TPSA) is 82.8 Å². The maximum absolute atomic E-state index is 5.80. The van der Waals surface area contributed by atoms with Crippen LogP contribution in [0.15, 0.2) is 11.6 Å². The Morgan fingerprint density at radius 3 is 2.53 bits per heavy atom. The molecule has 0 aromatic carbocycles. The first-order chi connectivity index (χ1) is 7.88. The van der Waals surface area contributed by atoms with E-state index >= 15 is 0 Å². The Bertz CT molecular complexity index is 520. The van der Waals surface area contributed by atoms with Crippen molar-refractivity contribution >= 4 is 22.8 Å². The van der Waals surface area contributed by atoms with Crippen molar-refractivity contribution in [1.29, 1.82) is 0 Å². The molecule has 0 aliphatic rings. The van der Waals surface area contributed by atoms with Gasteiger partial charge in [-0.1, -0.05) is 20.8 Å². The van der Waals surface area contributed by atoms with E-state index in [1.54, 1.807) is 22.2 Å². The van der Waals surface area contributed by atoms with E-state index in [0.29, 0.717) is 18.1 Å². The molecular weight excluding hydrogens is 234 g/mol. The third kappa shape index (κ3) is 2.41. The molecule has 0 atom stereocenters. The first kappa shape index (κ1) is 11.9. The van der Waals surface area contributed by atoms with Crippen LogP contribution < -0.4 is 11.5 Å². The van der Waals surface area contributed by atoms with Crippen molar-refractivity contribution in [2.24, 2.45) is 0 Å². The molecule has 0 saturated carbocycles. The zero-order valence-corrected chi connectivity index (χ0v) is 11.1. The minimum Gasteiger partial charge on any atom is -0.394 e. The average Bonchev–Trinajstić information content (AvgIpc) is 2.80. The van der Waals surface area contributed by atoms with Crippen molar-refractivity contribution in [3.05, 3.63) is 22.3 Å². The van der Waals surface area contributed by atoms with Gasteiger partial charge in [0.15, 0.2) is 0 Å². The Hall–Kier alpha value is -1.56. The van der Waals surface area contributed by atoms with Gasteiger partial charge in [-0.15, -0.1) is 11.3 Å². The highest BCUT2D eigenvalue weighted by Gasteiger charge is 2.17. The predicted octanol–water partition coefficient (Wildman–Crippen LogP) is 1.85. The highest BCUT2D eigenvalue weighted by Crippen LogP contribution is 2.25. The van der Waals surface area contributed by atoms with Gasteiger partial charge in [0.05, 0.1) is 24.1 Å². The van der Waals surface area contributed by atoms with Crippen LogP contribution in [0.25, 0.3) is 0 Å². The van der Waals surface area contributed by atoms with Gasteiger partial charge in [0, 0.05) is 10.8 Å². The zero-order chi connectivity index (χ0) is 12.6. The summed E-state index contributed by atoms with van der Waals surface area (Å²) < 4.78 is 1.67. The SMILES string of the molecule is CC(C)(C)c1csc(Cn2ncc(N)c2N)n1. The highest BCUT2D eigenvalue weighted by molar-refractivity contribution is 7.09. The second-order valence-electron chi connectivity index (χ2n) is 5.02. The quantitative estimate of drug-likeness (QED) is 0.853. The summed E-state index contributed by atoms with van der Waals surface area (Å²) in [5.74, 6) is 0.498. The van der Waals surface area contributed by atoms with Crippen LogP contribution in [-0.2, 0) is 12.0 Å². The van der Waals surface area contributed by atoms with E-state index in [4.69, 9.17) is 11.5 Å². The van der Waals surface area contributed by atoms with Gasteiger partial charge in [0.2, 0.25) is 0 Å². The number of nitrogen functional groups attached to an aromatic ring is 2. The summed E-state index contributed by atoms with van der Waals surface area (Å²) in [5.41, 5.74) is 13.1. The Morgan fingerprint density at radius 1 is 1.35 bits per heavy atom. The second kappa shape index (κ2) is 4.03. The van der Waals surface area contributed by atoms with Crippen molar-refractivity contribution in [3.63, 3.8) is 0 Å². The number of thiazole rings is 1. The van der Waals surface area contributed by atoms with Crippen LogP contribution in [-0.4, -0.2) is 14.8 Å². The Kier molecular flexibility index (Phi) is 2.82. The number of hydrogen-bond donors (Lipinski definition) is 2. The lowest BCUT2D eigenvalue weighted by Gasteiger charge is -2.14. The fourth-order valence-corrected chi connectivity index (χ4v) is 2.39. The Labute approximate surface area is 104 Å². The number of hydrogen-bond acceptors (Lipinski definition) is 5. The molecule has 0 unspecified atom stereocenters. The molecule has 0 amide bonds. The summed E-state index contributed by atoms with van der Waals surface area (Å²) in [7, 11) is 0. The van der Waals surface area contributed by atoms with Gasteiger partial charge in [-0.05, 0) is 0 Å². The van der Waals surface area contributed by atoms with Gasteiger partial charge in [-0.25, -0.2) is 9.67 Å². The summed E-state index contributed by atoms with van der Waals surface area (Å²) in [6, 6.07) is 0. The fraction of sp³-hybridized carbons (Fsp3) is 0.455. The lowest BCUT2D eigenvalue weighted by molar-refractivity contribution is 0.568. The molecule has 0 aliphatic carbocycles. The Morgan fingerprint density at radius 2 is 2.06 bits per heavy atom. The van der Waals surface area contributed by atoms with E-state index in [1.807, 2.05) is 0 Å². The molecule has 0 saturated heterocycles. The van der Waals surface area contributed by atoms with Gasteiger partial charge in [0.1, 0.15) is 10.8 Å². The number of anilines is 2. The number of nitrogens with zero attached hydrogens (tertiary/aromatic N) is 3. The summed E-state index contributed by atoms with van der Waals surface area (Å²) in [5, 5.41) is 7.19. The van der Waals surface area contributed by atoms with Crippen molar-refractivity contribution in [2.75, 3.05) is 11.5 Å². The molecule has 0 bridgehead atoms. The predicted molar refractivity (Wildman–Crippen MR) is 71.0 cm³/mol. The van der Waals surface area contributed by atoms with Crippen molar-refractivity contribution < 1.29 is 0 Å². The number of aromatic nitrogens is 3. The van der Waals surface area contributed by atoms with E-state index in [0.717, 1.165) is 10.7 Å². The molecular formula is C11H17N5S. The first-order valence-electron chi connectivity index (χ1n) is 5.39. The molecule has 17 heavy (non-hydrogen) atoms. The van der Waals surface area contributed by atoms with Crippen LogP contribution in [0.4, 0.5) is 11.5 Å². The average molecular weight is 251 g/mol. The molecule has 2 aromatic rings. The minimum absolute atomic E-state index is 0.0729. The van der Waals surface area contributed by atoms with Crippen LogP contribution in [0.1, 0.15) is 31.5 Å². The molecule has 6 heteroatoms. The van der Waals surface area contributed by atoms with Gasteiger partial charge in [-0.3, -0.25) is 0 Å². The molecule has 4 N–H and O–H groups in total. The van der Waals surface area contributed by atoms with Gasteiger partial charge in [-0.2, -0.15) is 5.10 Å². The molecule has 0 spiro atoms. The molecule has 2 rings (SSSR count). The summed E-state index contributed by atoms with van der Waals surface area (Å²) in [6.07, 6.45) is 1.56. The number of nitrogens with two attached hydrogens (primary N) is 2. The lowest BCUT2D eigenvalue weighted by atomic mass is 9.93. The normalized spacial score (nSPS) is 11.9. The molecule has 2 heterocycles. The number of rotatable bonds is 2. The smallest absolute Gasteiger partial charge is 0.145 e. The second-order valence-corrected chi connectivity index (χ2v) is 5.96. The maximum atomic E-state index is 5.80. The van der Waals surface area contributed by atoms with E-state index in [2.05, 4.69) is 36.2 Å². The lowest BCUT2D eigenvalue weighted by Crippen LogP contribution is -2.12. The standard InChI is InChI=1S/C11H17N5S/c1-11(2,3)8-6-17-9(15-8)5-16-10(13)7(12)4-14-16/h4,6H,5,12-13H2,1-3H3. The summed E-state index contributed by atoms with van der Waals surface area (Å²) >= 11 is 1.62. The van der Waals surface area contributed by atoms with Gasteiger partial charge < -0.3 is 11.5 Å². The van der Waals surface area contributed by atoms with E-state index in [1.165, 1.54) is 0 Å². The van der Waals surface area contributed by atoms with Crippen molar-refractivity contribution in [1.82, 2.24) is 14.8 Å². The van der Waals surface area contributed by atoms with Gasteiger partial charge >= 0.3 is 0 Å². The van der Waals surface area contributed by atoms with E-state index in [-0.39, 0.29) is 5.41 Å². The van der Waals surface area contributed by atoms with Crippen molar-refractivity contribution in [3.8, 4) is 0 Å². The third-order valence-corrected chi connectivity index (χ3v) is 3.35. The maximum Gasteiger partial charge on any atom is 0.145 e. The molecule has 92 valence electrons. The molecule has 5 nitrogen and oxygen atoms in total. The van der Waals surface area contributed by atoms with Crippen molar-refractivity contribution in [2.45, 2.75) is 32.7 Å². The fourth-order valence-electron chi connectivity index (χ4n) is 1.39. The Balaban J connectivity index is 2.20. The molecule has 0 aliphatic heterocycles. The highest BCUT2D eigenvalue weighted by atomic mass is 32.1. The summed E-state index contributed by atoms with van der Waals surface area (Å²) in [6.45, 7) is 7.01. The largest absolute Gasteiger partial charge is 0.394 e. The first-order valence-corrected chi connectivity index (χ1v) is 6.27. The van der Waals surface area contributed by atoms with E-state index in [9.17, 15) is 0 Å². The molecule has 0 fully saturated rings.